The van der Waals surface area contributed by atoms with Gasteiger partial charge >= 0.3 is 10.4 Å². The molecule has 0 bridgehead atoms. The first-order valence-corrected chi connectivity index (χ1v) is 24.7. The summed E-state index contributed by atoms with van der Waals surface area (Å²) in [4.78, 5) is 13.1. The predicted molar refractivity (Wildman–Crippen MR) is 233 cm³/mol. The molecule has 0 radical (unpaired) electrons. The number of amides is 1. The molecule has 0 saturated carbocycles. The first-order chi connectivity index (χ1) is 28.4. The summed E-state index contributed by atoms with van der Waals surface area (Å²) in [7, 11) is -5.12. The number of hydrogen-bond donors (Lipinski definition) is 7. The molecule has 8 unspecified atom stereocenters. The maximum Gasteiger partial charge on any atom is 0.397 e. The highest BCUT2D eigenvalue weighted by atomic mass is 32.3. The van der Waals surface area contributed by atoms with Gasteiger partial charge in [0, 0.05) is 0 Å². The Hall–Kier alpha value is -1.46. The van der Waals surface area contributed by atoms with Gasteiger partial charge in [-0.1, -0.05) is 173 Å². The van der Waals surface area contributed by atoms with E-state index < -0.39 is 78.5 Å². The summed E-state index contributed by atoms with van der Waals surface area (Å²) in [5.41, 5.74) is 0. The lowest BCUT2D eigenvalue weighted by molar-refractivity contribution is -0.298. The fourth-order valence-electron chi connectivity index (χ4n) is 7.34. The summed E-state index contributed by atoms with van der Waals surface area (Å²) in [6, 6.07) is -1.12. The zero-order valence-corrected chi connectivity index (χ0v) is 37.5. The van der Waals surface area contributed by atoms with E-state index in [9.17, 15) is 43.3 Å². The minimum absolute atomic E-state index is 0.213. The maximum atomic E-state index is 13.1. The third-order valence-electron chi connectivity index (χ3n) is 11.1. The molecule has 1 amide bonds. The Labute approximate surface area is 357 Å². The number of ether oxygens (including phenoxy) is 2. The number of nitrogens with one attached hydrogen (secondary N) is 1. The number of carbonyl (C=O) groups is 1. The molecule has 1 fully saturated rings. The third-order valence-corrected chi connectivity index (χ3v) is 11.5. The van der Waals surface area contributed by atoms with Crippen molar-refractivity contribution in [3.8, 4) is 0 Å². The van der Waals surface area contributed by atoms with E-state index in [-0.39, 0.29) is 6.42 Å². The van der Waals surface area contributed by atoms with Crippen LogP contribution in [0.3, 0.4) is 0 Å². The van der Waals surface area contributed by atoms with E-state index in [2.05, 4.69) is 35.5 Å². The van der Waals surface area contributed by atoms with Crippen molar-refractivity contribution in [1.82, 2.24) is 5.32 Å². The van der Waals surface area contributed by atoms with Crippen LogP contribution in [0.25, 0.3) is 0 Å². The minimum atomic E-state index is -5.12. The van der Waals surface area contributed by atoms with E-state index in [1.807, 2.05) is 6.08 Å². The van der Waals surface area contributed by atoms with E-state index in [1.165, 1.54) is 128 Å². The van der Waals surface area contributed by atoms with Crippen molar-refractivity contribution < 1.29 is 57.0 Å². The molecule has 1 aliphatic heterocycles. The topological polar surface area (TPSA) is 212 Å². The number of aliphatic hydroxyl groups excluding tert-OH is 5. The summed E-state index contributed by atoms with van der Waals surface area (Å²) in [5, 5.41) is 55.1. The molecule has 13 nitrogen and oxygen atoms in total. The Kier molecular flexibility index (Phi) is 34.0. The Morgan fingerprint density at radius 3 is 1.58 bits per heavy atom. The maximum absolute atomic E-state index is 13.1. The van der Waals surface area contributed by atoms with E-state index >= 15 is 0 Å². The van der Waals surface area contributed by atoms with Gasteiger partial charge in [-0.25, -0.2) is 4.18 Å². The van der Waals surface area contributed by atoms with Crippen LogP contribution in [-0.4, -0.2) is 107 Å². The smallest absolute Gasteiger partial charge is 0.394 e. The second kappa shape index (κ2) is 36.1. The molecule has 0 spiro atoms. The predicted octanol–water partition coefficient (Wildman–Crippen LogP) is 7.91. The van der Waals surface area contributed by atoms with E-state index in [4.69, 9.17) is 9.47 Å². The number of unbranched alkanes of at least 4 members (excludes halogenated alkanes) is 24. The molecular formula is C45H85NO12S. The van der Waals surface area contributed by atoms with Crippen LogP contribution < -0.4 is 5.32 Å². The number of carbonyl (C=O) groups excluding carboxylic acids is 1. The lowest BCUT2D eigenvalue weighted by Crippen LogP contribution is -2.61. The SMILES string of the molecule is CCCCCCCC/C=C\CCCCC(O)C(=O)NC(COC1OC(CO)C(O)C(OS(=O)(=O)O)C1O)C(O)/C=C/CCCCCCCCCCCCCCCCCC. The van der Waals surface area contributed by atoms with Gasteiger partial charge in [-0.15, -0.1) is 0 Å². The molecule has 0 aliphatic carbocycles. The van der Waals surface area contributed by atoms with Crippen molar-refractivity contribution in [2.45, 2.75) is 243 Å². The highest BCUT2D eigenvalue weighted by Gasteiger charge is 2.48. The molecule has 348 valence electrons. The van der Waals surface area contributed by atoms with Crippen LogP contribution in [0.4, 0.5) is 0 Å². The molecule has 59 heavy (non-hydrogen) atoms. The Morgan fingerprint density at radius 2 is 1.12 bits per heavy atom. The van der Waals surface area contributed by atoms with Crippen molar-refractivity contribution in [3.63, 3.8) is 0 Å². The van der Waals surface area contributed by atoms with Gasteiger partial charge in [-0.05, 0) is 44.9 Å². The fourth-order valence-corrected chi connectivity index (χ4v) is 7.85. The lowest BCUT2D eigenvalue weighted by atomic mass is 9.99. The summed E-state index contributed by atoms with van der Waals surface area (Å²) in [6.07, 6.45) is 28.4. The molecule has 1 rings (SSSR count). The van der Waals surface area contributed by atoms with Crippen LogP contribution >= 0.6 is 0 Å². The molecule has 1 heterocycles. The molecule has 0 aromatic heterocycles. The van der Waals surface area contributed by atoms with Gasteiger partial charge in [0.1, 0.15) is 30.5 Å². The summed E-state index contributed by atoms with van der Waals surface area (Å²) in [5.74, 6) is -0.719. The average molecular weight is 864 g/mol. The molecule has 8 atom stereocenters. The molecule has 14 heteroatoms. The zero-order valence-electron chi connectivity index (χ0n) is 36.7. The van der Waals surface area contributed by atoms with Crippen molar-refractivity contribution >= 4 is 16.3 Å². The van der Waals surface area contributed by atoms with Gasteiger partial charge in [0.15, 0.2) is 6.29 Å². The van der Waals surface area contributed by atoms with E-state index in [0.717, 1.165) is 38.5 Å². The molecule has 1 aliphatic rings. The van der Waals surface area contributed by atoms with E-state index in [0.29, 0.717) is 12.8 Å². The standard InChI is InChI=1S/C45H85NO12S/c1-3-5-7-9-11-13-15-17-18-19-20-21-22-24-25-27-29-31-33-38(48)37(36-56-45-42(51)43(58-59(53,54)55)41(50)40(35-47)57-45)46-44(52)39(49)34-32-30-28-26-23-16-14-12-10-8-6-4-2/h23,26,31,33,37-43,45,47-51H,3-22,24-25,27-30,32,34-36H2,1-2H3,(H,46,52)(H,53,54,55)/b26-23-,33-31+. The van der Waals surface area contributed by atoms with Crippen LogP contribution in [-0.2, 0) is 28.9 Å². The van der Waals surface area contributed by atoms with Gasteiger partial charge in [-0.3, -0.25) is 9.35 Å². The Balaban J connectivity index is 2.60. The van der Waals surface area contributed by atoms with Crippen LogP contribution in [0.2, 0.25) is 0 Å². The Morgan fingerprint density at radius 1 is 0.678 bits per heavy atom. The summed E-state index contributed by atoms with van der Waals surface area (Å²) in [6.45, 7) is 3.19. The van der Waals surface area contributed by atoms with Crippen LogP contribution in [0.1, 0.15) is 194 Å². The first kappa shape index (κ1) is 55.6. The highest BCUT2D eigenvalue weighted by Crippen LogP contribution is 2.26. The number of rotatable bonds is 39. The van der Waals surface area contributed by atoms with Gasteiger partial charge < -0.3 is 40.3 Å². The van der Waals surface area contributed by atoms with Gasteiger partial charge in [0.2, 0.25) is 5.91 Å². The zero-order chi connectivity index (χ0) is 43.6. The van der Waals surface area contributed by atoms with Crippen molar-refractivity contribution in [2.24, 2.45) is 0 Å². The monoisotopic (exact) mass is 864 g/mol. The normalized spacial score (nSPS) is 21.7. The number of aliphatic hydroxyl groups is 5. The molecule has 7 N–H and O–H groups in total. The van der Waals surface area contributed by atoms with Gasteiger partial charge in [0.25, 0.3) is 0 Å². The minimum Gasteiger partial charge on any atom is -0.394 e. The van der Waals surface area contributed by atoms with Crippen LogP contribution in [0.15, 0.2) is 24.3 Å². The summed E-state index contributed by atoms with van der Waals surface area (Å²) < 4.78 is 47.5. The lowest BCUT2D eigenvalue weighted by Gasteiger charge is -2.41. The fraction of sp³-hybridized carbons (Fsp3) is 0.889. The summed E-state index contributed by atoms with van der Waals surface area (Å²) >= 11 is 0. The van der Waals surface area contributed by atoms with Crippen molar-refractivity contribution in [3.05, 3.63) is 24.3 Å². The van der Waals surface area contributed by atoms with Crippen molar-refractivity contribution in [2.75, 3.05) is 13.2 Å². The third kappa shape index (κ3) is 28.7. The quantitative estimate of drug-likeness (QED) is 0.0179. The van der Waals surface area contributed by atoms with Crippen molar-refractivity contribution in [1.29, 1.82) is 0 Å². The molecule has 1 saturated heterocycles. The molecule has 0 aromatic carbocycles. The average Bonchev–Trinajstić information content (AvgIpc) is 3.20. The highest BCUT2D eigenvalue weighted by molar-refractivity contribution is 7.80. The van der Waals surface area contributed by atoms with E-state index in [1.54, 1.807) is 0 Å². The molecular weight excluding hydrogens is 779 g/mol. The van der Waals surface area contributed by atoms with Gasteiger partial charge in [-0.2, -0.15) is 8.42 Å². The van der Waals surface area contributed by atoms with Crippen LogP contribution in [0, 0.1) is 0 Å². The van der Waals surface area contributed by atoms with Gasteiger partial charge in [0.05, 0.1) is 25.4 Å². The Bertz CT molecular complexity index is 1170. The second-order valence-electron chi connectivity index (χ2n) is 16.5. The first-order valence-electron chi connectivity index (χ1n) is 23.3. The molecule has 0 aromatic rings. The second-order valence-corrected chi connectivity index (χ2v) is 17.5. The number of hydrogen-bond acceptors (Lipinski definition) is 11. The van der Waals surface area contributed by atoms with Crippen LogP contribution in [0.5, 0.6) is 0 Å². The largest absolute Gasteiger partial charge is 0.397 e. The number of allylic oxidation sites excluding steroid dienone is 3.